The number of carboxylic acid groups (broad SMARTS) is 1. The summed E-state index contributed by atoms with van der Waals surface area (Å²) in [5, 5.41) is 12.4. The van der Waals surface area contributed by atoms with E-state index in [0.29, 0.717) is 17.2 Å². The van der Waals surface area contributed by atoms with Crippen molar-refractivity contribution in [1.29, 1.82) is 0 Å². The van der Waals surface area contributed by atoms with Gasteiger partial charge in [0, 0.05) is 0 Å². The predicted molar refractivity (Wildman–Crippen MR) is 59.4 cm³/mol. The second kappa shape index (κ2) is 5.03. The molecule has 1 saturated heterocycles. The number of hydrogen-bond acceptors (Lipinski definition) is 3. The van der Waals surface area contributed by atoms with Gasteiger partial charge in [-0.1, -0.05) is 20.8 Å². The van der Waals surface area contributed by atoms with Crippen molar-refractivity contribution >= 4 is 17.7 Å². The Kier molecular flexibility index (Phi) is 4.26. The first-order valence-electron chi connectivity index (χ1n) is 5.13. The third-order valence-electron chi connectivity index (χ3n) is 2.90. The van der Waals surface area contributed by atoms with E-state index in [1.807, 2.05) is 11.8 Å². The lowest BCUT2D eigenvalue weighted by Gasteiger charge is -2.34. The van der Waals surface area contributed by atoms with Crippen LogP contribution in [-0.4, -0.2) is 28.2 Å². The van der Waals surface area contributed by atoms with Crippen LogP contribution in [0.3, 0.4) is 0 Å². The van der Waals surface area contributed by atoms with Crippen LogP contribution < -0.4 is 5.32 Å². The minimum absolute atomic E-state index is 0.296. The summed E-state index contributed by atoms with van der Waals surface area (Å²) in [5.74, 6) is 1.34. The zero-order valence-corrected chi connectivity index (χ0v) is 9.80. The largest absolute Gasteiger partial charge is 0.480 e. The number of aliphatic carboxylic acids is 1. The molecule has 82 valence electrons. The summed E-state index contributed by atoms with van der Waals surface area (Å²) in [6.07, 6.45) is 0.737. The van der Waals surface area contributed by atoms with Gasteiger partial charge in [-0.3, -0.25) is 10.1 Å². The van der Waals surface area contributed by atoms with E-state index in [1.54, 1.807) is 0 Å². The van der Waals surface area contributed by atoms with E-state index in [9.17, 15) is 4.79 Å². The Morgan fingerprint density at radius 3 is 2.64 bits per heavy atom. The lowest BCUT2D eigenvalue weighted by Crippen LogP contribution is -2.49. The molecule has 1 fully saturated rings. The van der Waals surface area contributed by atoms with Gasteiger partial charge >= 0.3 is 5.97 Å². The number of carboxylic acids is 1. The average molecular weight is 217 g/mol. The summed E-state index contributed by atoms with van der Waals surface area (Å²) in [6, 6.07) is -0.345. The number of carbonyl (C=O) groups is 1. The summed E-state index contributed by atoms with van der Waals surface area (Å²) < 4.78 is 0. The van der Waals surface area contributed by atoms with Crippen LogP contribution in [0.15, 0.2) is 0 Å². The standard InChI is InChI=1S/C10H19NO2S/c1-6(2)7(3)9-11-8(10(12)13)4-5-14-9/h6-9,11H,4-5H2,1-3H3,(H,12,13). The molecule has 1 aliphatic rings. The Balaban J connectivity index is 2.51. The molecule has 2 N–H and O–H groups in total. The molecule has 3 unspecified atom stereocenters. The molecule has 0 aliphatic carbocycles. The van der Waals surface area contributed by atoms with Gasteiger partial charge < -0.3 is 5.11 Å². The molecule has 0 radical (unpaired) electrons. The molecule has 0 spiro atoms. The normalized spacial score (nSPS) is 30.3. The number of nitrogens with one attached hydrogen (secondary N) is 1. The molecule has 3 atom stereocenters. The minimum atomic E-state index is -0.716. The Hall–Kier alpha value is -0.220. The lowest BCUT2D eigenvalue weighted by molar-refractivity contribution is -0.139. The van der Waals surface area contributed by atoms with Gasteiger partial charge in [-0.15, -0.1) is 11.8 Å². The lowest BCUT2D eigenvalue weighted by atomic mass is 9.97. The van der Waals surface area contributed by atoms with Crippen molar-refractivity contribution in [3.05, 3.63) is 0 Å². The van der Waals surface area contributed by atoms with Crippen LogP contribution in [0.4, 0.5) is 0 Å². The van der Waals surface area contributed by atoms with Crippen LogP contribution in [0.1, 0.15) is 27.2 Å². The molecule has 3 nitrogen and oxygen atoms in total. The predicted octanol–water partition coefficient (Wildman–Crippen LogP) is 1.78. The SMILES string of the molecule is CC(C)C(C)C1NC(C(=O)O)CCS1. The Morgan fingerprint density at radius 1 is 1.50 bits per heavy atom. The van der Waals surface area contributed by atoms with Crippen LogP contribution in [0, 0.1) is 11.8 Å². The van der Waals surface area contributed by atoms with E-state index < -0.39 is 5.97 Å². The second-order valence-electron chi connectivity index (χ2n) is 4.24. The third kappa shape index (κ3) is 2.89. The summed E-state index contributed by atoms with van der Waals surface area (Å²) >= 11 is 1.85. The topological polar surface area (TPSA) is 49.3 Å². The van der Waals surface area contributed by atoms with E-state index in [-0.39, 0.29) is 6.04 Å². The van der Waals surface area contributed by atoms with Gasteiger partial charge in [0.15, 0.2) is 0 Å². The van der Waals surface area contributed by atoms with Gasteiger partial charge in [-0.25, -0.2) is 0 Å². The number of thioether (sulfide) groups is 1. The van der Waals surface area contributed by atoms with Gasteiger partial charge in [0.25, 0.3) is 0 Å². The van der Waals surface area contributed by atoms with Crippen molar-refractivity contribution in [3.63, 3.8) is 0 Å². The van der Waals surface area contributed by atoms with E-state index >= 15 is 0 Å². The van der Waals surface area contributed by atoms with Crippen molar-refractivity contribution in [1.82, 2.24) is 5.32 Å². The molecule has 0 amide bonds. The van der Waals surface area contributed by atoms with Crippen LogP contribution in [-0.2, 0) is 4.79 Å². The summed E-state index contributed by atoms with van der Waals surface area (Å²) in [7, 11) is 0. The fourth-order valence-corrected chi connectivity index (χ4v) is 2.99. The maximum Gasteiger partial charge on any atom is 0.320 e. The fourth-order valence-electron chi connectivity index (χ4n) is 1.49. The van der Waals surface area contributed by atoms with E-state index in [4.69, 9.17) is 5.11 Å². The minimum Gasteiger partial charge on any atom is -0.480 e. The Labute approximate surface area is 89.6 Å². The number of hydrogen-bond donors (Lipinski definition) is 2. The first-order valence-corrected chi connectivity index (χ1v) is 6.17. The fraction of sp³-hybridized carbons (Fsp3) is 0.900. The molecule has 0 aromatic rings. The van der Waals surface area contributed by atoms with Crippen molar-refractivity contribution in [2.75, 3.05) is 5.75 Å². The van der Waals surface area contributed by atoms with Crippen LogP contribution in [0.25, 0.3) is 0 Å². The molecule has 0 aromatic heterocycles. The van der Waals surface area contributed by atoms with Gasteiger partial charge in [-0.05, 0) is 24.0 Å². The van der Waals surface area contributed by atoms with Crippen molar-refractivity contribution in [3.8, 4) is 0 Å². The molecule has 0 bridgehead atoms. The molecular formula is C10H19NO2S. The van der Waals surface area contributed by atoms with E-state index in [0.717, 1.165) is 12.2 Å². The monoisotopic (exact) mass is 217 g/mol. The highest BCUT2D eigenvalue weighted by Gasteiger charge is 2.30. The smallest absolute Gasteiger partial charge is 0.320 e. The van der Waals surface area contributed by atoms with Gasteiger partial charge in [0.2, 0.25) is 0 Å². The summed E-state index contributed by atoms with van der Waals surface area (Å²) in [5.41, 5.74) is 0. The zero-order valence-electron chi connectivity index (χ0n) is 8.99. The van der Waals surface area contributed by atoms with Crippen LogP contribution in [0.2, 0.25) is 0 Å². The molecule has 14 heavy (non-hydrogen) atoms. The van der Waals surface area contributed by atoms with Gasteiger partial charge in [0.1, 0.15) is 6.04 Å². The number of rotatable bonds is 3. The maximum atomic E-state index is 10.8. The highest BCUT2D eigenvalue weighted by Crippen LogP contribution is 2.28. The molecule has 1 aliphatic heterocycles. The van der Waals surface area contributed by atoms with Crippen molar-refractivity contribution in [2.45, 2.75) is 38.6 Å². The molecule has 1 rings (SSSR count). The quantitative estimate of drug-likeness (QED) is 0.756. The first-order chi connectivity index (χ1) is 6.52. The highest BCUT2D eigenvalue weighted by molar-refractivity contribution is 7.99. The first kappa shape index (κ1) is 11.9. The molecular weight excluding hydrogens is 198 g/mol. The van der Waals surface area contributed by atoms with Crippen molar-refractivity contribution < 1.29 is 9.90 Å². The summed E-state index contributed by atoms with van der Waals surface area (Å²) in [6.45, 7) is 6.54. The van der Waals surface area contributed by atoms with E-state index in [1.165, 1.54) is 0 Å². The van der Waals surface area contributed by atoms with E-state index in [2.05, 4.69) is 26.1 Å². The zero-order chi connectivity index (χ0) is 10.7. The summed E-state index contributed by atoms with van der Waals surface area (Å²) in [4.78, 5) is 10.8. The average Bonchev–Trinajstić information content (AvgIpc) is 2.16. The van der Waals surface area contributed by atoms with Crippen LogP contribution >= 0.6 is 11.8 Å². The maximum absolute atomic E-state index is 10.8. The van der Waals surface area contributed by atoms with Crippen molar-refractivity contribution in [2.24, 2.45) is 11.8 Å². The molecule has 0 saturated carbocycles. The Morgan fingerprint density at radius 2 is 2.14 bits per heavy atom. The van der Waals surface area contributed by atoms with Gasteiger partial charge in [-0.2, -0.15) is 0 Å². The highest BCUT2D eigenvalue weighted by atomic mass is 32.2. The third-order valence-corrected chi connectivity index (χ3v) is 4.29. The second-order valence-corrected chi connectivity index (χ2v) is 5.49. The van der Waals surface area contributed by atoms with Gasteiger partial charge in [0.05, 0.1) is 5.37 Å². The van der Waals surface area contributed by atoms with Crippen LogP contribution in [0.5, 0.6) is 0 Å². The molecule has 4 heteroatoms. The molecule has 1 heterocycles. The molecule has 0 aromatic carbocycles. The Bertz CT molecular complexity index is 208.